The maximum absolute atomic E-state index is 11.3. The van der Waals surface area contributed by atoms with Gasteiger partial charge in [0, 0.05) is 0 Å². The lowest BCUT2D eigenvalue weighted by molar-refractivity contribution is -0.149. The summed E-state index contributed by atoms with van der Waals surface area (Å²) in [5, 5.41) is 26.0. The van der Waals surface area contributed by atoms with Crippen LogP contribution in [0.3, 0.4) is 0 Å². The van der Waals surface area contributed by atoms with Gasteiger partial charge in [-0.1, -0.05) is 0 Å². The number of esters is 1. The molecule has 0 heterocycles. The van der Waals surface area contributed by atoms with Gasteiger partial charge in [0.25, 0.3) is 0 Å². The van der Waals surface area contributed by atoms with Crippen molar-refractivity contribution in [2.75, 3.05) is 19.8 Å². The maximum atomic E-state index is 11.3. The van der Waals surface area contributed by atoms with Crippen molar-refractivity contribution in [3.05, 3.63) is 0 Å². The molecule has 0 fully saturated rings. The van der Waals surface area contributed by atoms with E-state index in [1.807, 2.05) is 0 Å². The summed E-state index contributed by atoms with van der Waals surface area (Å²) in [5.74, 6) is -2.28. The van der Waals surface area contributed by atoms with Gasteiger partial charge in [0.1, 0.15) is 6.61 Å². The summed E-state index contributed by atoms with van der Waals surface area (Å²) in [6.45, 7) is 5.58. The second kappa shape index (κ2) is 10.2. The zero-order valence-corrected chi connectivity index (χ0v) is 11.9. The summed E-state index contributed by atoms with van der Waals surface area (Å²) >= 11 is 0. The van der Waals surface area contributed by atoms with Crippen LogP contribution in [0.5, 0.6) is 0 Å². The summed E-state index contributed by atoms with van der Waals surface area (Å²) in [4.78, 5) is 11.3. The molecule has 7 nitrogen and oxygen atoms in total. The van der Waals surface area contributed by atoms with Crippen LogP contribution in [0.2, 0.25) is 0 Å². The van der Waals surface area contributed by atoms with Crippen LogP contribution in [0.25, 0.3) is 0 Å². The molecule has 0 aliphatic heterocycles. The van der Waals surface area contributed by atoms with Crippen LogP contribution in [0, 0.1) is 28.6 Å². The Morgan fingerprint density at radius 3 is 2.05 bits per heavy atom. The second-order valence-electron chi connectivity index (χ2n) is 4.46. The van der Waals surface area contributed by atoms with Crippen molar-refractivity contribution in [1.82, 2.24) is 0 Å². The highest BCUT2D eigenvalue weighted by Gasteiger charge is 2.19. The molecule has 7 heteroatoms. The molecule has 0 radical (unpaired) electrons. The quantitative estimate of drug-likeness (QED) is 0.609. The van der Waals surface area contributed by atoms with Crippen LogP contribution in [-0.2, 0) is 19.0 Å². The molecule has 20 heavy (non-hydrogen) atoms. The lowest BCUT2D eigenvalue weighted by Crippen LogP contribution is -2.27. The van der Waals surface area contributed by atoms with Crippen molar-refractivity contribution in [3.63, 3.8) is 0 Å². The minimum Gasteiger partial charge on any atom is -0.461 e. The topological polar surface area (TPSA) is 113 Å². The van der Waals surface area contributed by atoms with Gasteiger partial charge in [-0.05, 0) is 20.8 Å². The van der Waals surface area contributed by atoms with Gasteiger partial charge in [-0.3, -0.25) is 0 Å². The van der Waals surface area contributed by atoms with Gasteiger partial charge in [-0.15, -0.1) is 0 Å². The van der Waals surface area contributed by atoms with E-state index in [2.05, 4.69) is 0 Å². The zero-order chi connectivity index (χ0) is 15.5. The van der Waals surface area contributed by atoms with Crippen LogP contribution in [0.4, 0.5) is 0 Å². The van der Waals surface area contributed by atoms with Crippen LogP contribution in [-0.4, -0.2) is 49.2 Å². The number of hydrogen-bond donors (Lipinski definition) is 1. The Morgan fingerprint density at radius 2 is 1.55 bits per heavy atom. The monoisotopic (exact) mass is 284 g/mol. The predicted molar refractivity (Wildman–Crippen MR) is 68.2 cm³/mol. The third kappa shape index (κ3) is 8.44. The number of rotatable bonds is 9. The van der Waals surface area contributed by atoms with Crippen LogP contribution < -0.4 is 0 Å². The van der Waals surface area contributed by atoms with E-state index >= 15 is 0 Å². The van der Waals surface area contributed by atoms with E-state index < -0.39 is 18.0 Å². The number of nitrogens with zero attached hydrogens (tertiary/aromatic N) is 2. The SMILES string of the molecule is CC(O)COC(C)COC(C)COC(=O)C(C#N)C#N. The molecule has 0 rings (SSSR count). The van der Waals surface area contributed by atoms with Gasteiger partial charge in [0.2, 0.25) is 5.92 Å². The summed E-state index contributed by atoms with van der Waals surface area (Å²) in [5.41, 5.74) is 0. The van der Waals surface area contributed by atoms with Crippen molar-refractivity contribution in [3.8, 4) is 12.1 Å². The molecule has 0 saturated heterocycles. The zero-order valence-electron chi connectivity index (χ0n) is 11.9. The first kappa shape index (κ1) is 18.3. The van der Waals surface area contributed by atoms with E-state index in [1.165, 1.54) is 12.1 Å². The lowest BCUT2D eigenvalue weighted by Gasteiger charge is -2.18. The summed E-state index contributed by atoms with van der Waals surface area (Å²) in [6, 6.07) is 3.07. The highest BCUT2D eigenvalue weighted by molar-refractivity contribution is 5.78. The molecule has 0 aliphatic rings. The fourth-order valence-electron chi connectivity index (χ4n) is 1.12. The standard InChI is InChI=1S/C13H20N2O5/c1-9(16)6-18-10(2)7-19-11(3)8-20-13(17)12(4-14)5-15/h9-12,16H,6-8H2,1-3H3. The number of aliphatic hydroxyl groups excluding tert-OH is 1. The average molecular weight is 284 g/mol. The Kier molecular flexibility index (Phi) is 9.31. The van der Waals surface area contributed by atoms with Crippen molar-refractivity contribution in [2.45, 2.75) is 39.1 Å². The molecule has 0 aromatic carbocycles. The molecular weight excluding hydrogens is 264 g/mol. The summed E-state index contributed by atoms with van der Waals surface area (Å²) < 4.78 is 15.5. The molecule has 1 N–H and O–H groups in total. The highest BCUT2D eigenvalue weighted by Crippen LogP contribution is 2.01. The van der Waals surface area contributed by atoms with Gasteiger partial charge in [-0.25, -0.2) is 4.79 Å². The van der Waals surface area contributed by atoms with E-state index in [0.29, 0.717) is 0 Å². The first-order chi connectivity index (χ1) is 9.40. The van der Waals surface area contributed by atoms with Crippen LogP contribution in [0.15, 0.2) is 0 Å². The van der Waals surface area contributed by atoms with E-state index in [0.717, 1.165) is 0 Å². The maximum Gasteiger partial charge on any atom is 0.338 e. The molecule has 3 unspecified atom stereocenters. The first-order valence-electron chi connectivity index (χ1n) is 6.27. The number of aliphatic hydroxyl groups is 1. The number of hydrogen-bond acceptors (Lipinski definition) is 7. The Morgan fingerprint density at radius 1 is 1.05 bits per heavy atom. The second-order valence-corrected chi connectivity index (χ2v) is 4.46. The average Bonchev–Trinajstić information content (AvgIpc) is 2.41. The van der Waals surface area contributed by atoms with Gasteiger partial charge >= 0.3 is 5.97 Å². The fourth-order valence-corrected chi connectivity index (χ4v) is 1.12. The van der Waals surface area contributed by atoms with Gasteiger partial charge in [-0.2, -0.15) is 10.5 Å². The van der Waals surface area contributed by atoms with Crippen molar-refractivity contribution in [1.29, 1.82) is 10.5 Å². The van der Waals surface area contributed by atoms with E-state index in [-0.39, 0.29) is 32.0 Å². The Bertz CT molecular complexity index is 358. The molecule has 3 atom stereocenters. The van der Waals surface area contributed by atoms with Gasteiger partial charge in [0.05, 0.1) is 43.7 Å². The van der Waals surface area contributed by atoms with Crippen molar-refractivity contribution in [2.24, 2.45) is 5.92 Å². The number of ether oxygens (including phenoxy) is 3. The normalized spacial score (nSPS) is 14.9. The molecule has 0 amide bonds. The smallest absolute Gasteiger partial charge is 0.338 e. The molecule has 112 valence electrons. The van der Waals surface area contributed by atoms with Gasteiger partial charge < -0.3 is 19.3 Å². The van der Waals surface area contributed by atoms with E-state index in [4.69, 9.17) is 29.8 Å². The Balaban J connectivity index is 3.84. The Hall–Kier alpha value is -1.67. The summed E-state index contributed by atoms with van der Waals surface area (Å²) in [7, 11) is 0. The highest BCUT2D eigenvalue weighted by atomic mass is 16.6. The minimum atomic E-state index is -1.41. The molecule has 0 aliphatic carbocycles. The lowest BCUT2D eigenvalue weighted by atomic mass is 10.2. The third-order valence-electron chi connectivity index (χ3n) is 2.19. The van der Waals surface area contributed by atoms with Crippen molar-refractivity contribution < 1.29 is 24.1 Å². The van der Waals surface area contributed by atoms with Crippen LogP contribution >= 0.6 is 0 Å². The van der Waals surface area contributed by atoms with Crippen LogP contribution in [0.1, 0.15) is 20.8 Å². The van der Waals surface area contributed by atoms with Gasteiger partial charge in [0.15, 0.2) is 0 Å². The van der Waals surface area contributed by atoms with Crippen molar-refractivity contribution >= 4 is 5.97 Å². The molecule has 0 aromatic rings. The third-order valence-corrected chi connectivity index (χ3v) is 2.19. The minimum absolute atomic E-state index is 0.0399. The molecule has 0 spiro atoms. The predicted octanol–water partition coefficient (Wildman–Crippen LogP) is 0.384. The molecule has 0 aromatic heterocycles. The fraction of sp³-hybridized carbons (Fsp3) is 0.769. The largest absolute Gasteiger partial charge is 0.461 e. The molecule has 0 bridgehead atoms. The molecule has 0 saturated carbocycles. The number of nitriles is 2. The number of carbonyl (C=O) groups is 1. The Labute approximate surface area is 118 Å². The number of carbonyl (C=O) groups excluding carboxylic acids is 1. The molecular formula is C13H20N2O5. The van der Waals surface area contributed by atoms with E-state index in [9.17, 15) is 4.79 Å². The first-order valence-corrected chi connectivity index (χ1v) is 6.27. The van der Waals surface area contributed by atoms with E-state index in [1.54, 1.807) is 20.8 Å². The summed E-state index contributed by atoms with van der Waals surface area (Å²) in [6.07, 6.45) is -1.12.